The molecule has 1 aliphatic heterocycles. The van der Waals surface area contributed by atoms with Gasteiger partial charge in [-0.3, -0.25) is 4.79 Å². The molecule has 6 nitrogen and oxygen atoms in total. The van der Waals surface area contributed by atoms with E-state index in [1.165, 1.54) is 0 Å². The summed E-state index contributed by atoms with van der Waals surface area (Å²) in [7, 11) is 0. The summed E-state index contributed by atoms with van der Waals surface area (Å²) in [5.41, 5.74) is 0. The quantitative estimate of drug-likeness (QED) is 0.860. The summed E-state index contributed by atoms with van der Waals surface area (Å²) < 4.78 is 10.7. The van der Waals surface area contributed by atoms with Crippen molar-refractivity contribution in [1.82, 2.24) is 15.5 Å². The number of ether oxygens (including phenoxy) is 1. The van der Waals surface area contributed by atoms with Crippen molar-refractivity contribution in [1.29, 1.82) is 0 Å². The zero-order valence-electron chi connectivity index (χ0n) is 12.4. The Hall–Kier alpha value is -1.43. The van der Waals surface area contributed by atoms with Crippen LogP contribution >= 0.6 is 0 Å². The number of hydrogen-bond donors (Lipinski definition) is 1. The van der Waals surface area contributed by atoms with Crippen molar-refractivity contribution in [2.45, 2.75) is 64.5 Å². The number of aryl methyl sites for hydroxylation is 1. The van der Waals surface area contributed by atoms with E-state index < -0.39 is 0 Å². The zero-order chi connectivity index (χ0) is 14.5. The lowest BCUT2D eigenvalue weighted by molar-refractivity contribution is -0.122. The van der Waals surface area contributed by atoms with Crippen LogP contribution in [0.4, 0.5) is 0 Å². The van der Waals surface area contributed by atoms with Gasteiger partial charge in [0.05, 0.1) is 12.1 Å². The molecule has 0 radical (unpaired) electrons. The minimum atomic E-state index is -0.00250. The largest absolute Gasteiger partial charge is 0.376 e. The molecule has 1 amide bonds. The Bertz CT molecular complexity index is 439. The first kappa shape index (κ1) is 15.0. The van der Waals surface area contributed by atoms with Gasteiger partial charge >= 0.3 is 0 Å². The third-order valence-corrected chi connectivity index (χ3v) is 3.48. The molecule has 1 aromatic heterocycles. The number of carbonyl (C=O) groups excluding carboxylic acids is 1. The lowest BCUT2D eigenvalue weighted by atomic mass is 10.1. The maximum Gasteiger partial charge on any atom is 0.227 e. The van der Waals surface area contributed by atoms with Crippen LogP contribution in [0.3, 0.4) is 0 Å². The Kier molecular flexibility index (Phi) is 5.11. The van der Waals surface area contributed by atoms with Gasteiger partial charge in [0.1, 0.15) is 0 Å². The van der Waals surface area contributed by atoms with Crippen LogP contribution in [0.25, 0.3) is 0 Å². The third kappa shape index (κ3) is 4.03. The molecule has 1 fully saturated rings. The summed E-state index contributed by atoms with van der Waals surface area (Å²) in [6.07, 6.45) is 3.07. The van der Waals surface area contributed by atoms with Crippen molar-refractivity contribution in [3.05, 3.63) is 11.7 Å². The van der Waals surface area contributed by atoms with Gasteiger partial charge in [-0.2, -0.15) is 4.98 Å². The summed E-state index contributed by atoms with van der Waals surface area (Å²) in [6, 6.07) is 0.0545. The highest BCUT2D eigenvalue weighted by Crippen LogP contribution is 2.15. The van der Waals surface area contributed by atoms with E-state index >= 15 is 0 Å². The molecular formula is C14H23N3O3. The van der Waals surface area contributed by atoms with Gasteiger partial charge in [-0.1, -0.05) is 19.0 Å². The standard InChI is InChI=1S/C14H23N3O3/c1-9(2)14-16-13(20-17-14)7-6-12(18)15-10(3)11-5-4-8-19-11/h9-11H,4-8H2,1-3H3,(H,15,18). The van der Waals surface area contributed by atoms with Crippen LogP contribution in [0, 0.1) is 0 Å². The second-order valence-corrected chi connectivity index (χ2v) is 5.61. The van der Waals surface area contributed by atoms with Crippen molar-refractivity contribution in [2.24, 2.45) is 0 Å². The van der Waals surface area contributed by atoms with Crippen LogP contribution in [-0.2, 0) is 16.0 Å². The molecule has 112 valence electrons. The predicted molar refractivity (Wildman–Crippen MR) is 73.3 cm³/mol. The maximum absolute atomic E-state index is 11.9. The van der Waals surface area contributed by atoms with E-state index in [1.807, 2.05) is 20.8 Å². The molecule has 1 aromatic rings. The molecule has 2 heterocycles. The van der Waals surface area contributed by atoms with Gasteiger partial charge in [0.15, 0.2) is 5.82 Å². The highest BCUT2D eigenvalue weighted by molar-refractivity contribution is 5.76. The Morgan fingerprint density at radius 2 is 2.25 bits per heavy atom. The lowest BCUT2D eigenvalue weighted by Crippen LogP contribution is -2.40. The summed E-state index contributed by atoms with van der Waals surface area (Å²) in [5, 5.41) is 6.85. The Morgan fingerprint density at radius 3 is 2.85 bits per heavy atom. The number of aromatic nitrogens is 2. The monoisotopic (exact) mass is 281 g/mol. The van der Waals surface area contributed by atoms with E-state index in [2.05, 4.69) is 15.5 Å². The van der Waals surface area contributed by atoms with Crippen molar-refractivity contribution in [3.63, 3.8) is 0 Å². The van der Waals surface area contributed by atoms with Crippen LogP contribution in [-0.4, -0.2) is 34.8 Å². The second-order valence-electron chi connectivity index (χ2n) is 5.61. The molecule has 0 aliphatic carbocycles. The number of hydrogen-bond acceptors (Lipinski definition) is 5. The number of amides is 1. The van der Waals surface area contributed by atoms with Gasteiger partial charge in [-0.05, 0) is 19.8 Å². The number of rotatable bonds is 6. The summed E-state index contributed by atoms with van der Waals surface area (Å²) in [6.45, 7) is 6.79. The summed E-state index contributed by atoms with van der Waals surface area (Å²) >= 11 is 0. The molecule has 1 saturated heterocycles. The Labute approximate surface area is 119 Å². The van der Waals surface area contributed by atoms with E-state index in [4.69, 9.17) is 9.26 Å². The average molecular weight is 281 g/mol. The van der Waals surface area contributed by atoms with Crippen LogP contribution in [0.15, 0.2) is 4.52 Å². The summed E-state index contributed by atoms with van der Waals surface area (Å²) in [4.78, 5) is 16.1. The van der Waals surface area contributed by atoms with Crippen LogP contribution in [0.5, 0.6) is 0 Å². The first-order valence-electron chi connectivity index (χ1n) is 7.29. The normalized spacial score (nSPS) is 20.3. The molecule has 0 saturated carbocycles. The smallest absolute Gasteiger partial charge is 0.227 e. The molecule has 2 atom stereocenters. The second kappa shape index (κ2) is 6.83. The predicted octanol–water partition coefficient (Wildman–Crippen LogP) is 1.81. The van der Waals surface area contributed by atoms with Gasteiger partial charge in [0, 0.05) is 25.4 Å². The molecular weight excluding hydrogens is 258 g/mol. The molecule has 2 rings (SSSR count). The molecule has 1 N–H and O–H groups in total. The Balaban J connectivity index is 1.73. The molecule has 2 unspecified atom stereocenters. The minimum Gasteiger partial charge on any atom is -0.376 e. The lowest BCUT2D eigenvalue weighted by Gasteiger charge is -2.19. The topological polar surface area (TPSA) is 77.2 Å². The van der Waals surface area contributed by atoms with Gasteiger partial charge < -0.3 is 14.6 Å². The van der Waals surface area contributed by atoms with Gasteiger partial charge in [-0.25, -0.2) is 0 Å². The molecule has 20 heavy (non-hydrogen) atoms. The van der Waals surface area contributed by atoms with E-state index in [0.717, 1.165) is 19.4 Å². The van der Waals surface area contributed by atoms with Crippen molar-refractivity contribution < 1.29 is 14.1 Å². The number of nitrogens with one attached hydrogen (secondary N) is 1. The maximum atomic E-state index is 11.9. The zero-order valence-corrected chi connectivity index (χ0v) is 12.4. The first-order chi connectivity index (χ1) is 9.56. The van der Waals surface area contributed by atoms with Crippen LogP contribution < -0.4 is 5.32 Å². The minimum absolute atomic E-state index is 0.00250. The fourth-order valence-electron chi connectivity index (χ4n) is 2.24. The molecule has 0 spiro atoms. The van der Waals surface area contributed by atoms with E-state index in [0.29, 0.717) is 24.6 Å². The van der Waals surface area contributed by atoms with Gasteiger partial charge in [-0.15, -0.1) is 0 Å². The van der Waals surface area contributed by atoms with Crippen LogP contribution in [0.2, 0.25) is 0 Å². The highest BCUT2D eigenvalue weighted by atomic mass is 16.5. The van der Waals surface area contributed by atoms with Crippen molar-refractivity contribution in [3.8, 4) is 0 Å². The van der Waals surface area contributed by atoms with Gasteiger partial charge in [0.25, 0.3) is 0 Å². The first-order valence-corrected chi connectivity index (χ1v) is 7.29. The molecule has 1 aliphatic rings. The fourth-order valence-corrected chi connectivity index (χ4v) is 2.24. The highest BCUT2D eigenvalue weighted by Gasteiger charge is 2.23. The van der Waals surface area contributed by atoms with E-state index in [1.54, 1.807) is 0 Å². The molecule has 6 heteroatoms. The van der Waals surface area contributed by atoms with E-state index in [9.17, 15) is 4.79 Å². The van der Waals surface area contributed by atoms with Crippen molar-refractivity contribution >= 4 is 5.91 Å². The summed E-state index contributed by atoms with van der Waals surface area (Å²) in [5.74, 6) is 1.44. The molecule has 0 bridgehead atoms. The number of carbonyl (C=O) groups is 1. The molecule has 0 aromatic carbocycles. The Morgan fingerprint density at radius 1 is 1.45 bits per heavy atom. The van der Waals surface area contributed by atoms with E-state index in [-0.39, 0.29) is 24.0 Å². The third-order valence-electron chi connectivity index (χ3n) is 3.48. The average Bonchev–Trinajstić information content (AvgIpc) is 3.07. The SMILES string of the molecule is CC(C)c1noc(CCC(=O)NC(C)C2CCCO2)n1. The number of nitrogens with zero attached hydrogens (tertiary/aromatic N) is 2. The fraction of sp³-hybridized carbons (Fsp3) is 0.786. The van der Waals surface area contributed by atoms with Crippen LogP contribution in [0.1, 0.15) is 57.7 Å². The van der Waals surface area contributed by atoms with Gasteiger partial charge in [0.2, 0.25) is 11.8 Å². The van der Waals surface area contributed by atoms with Crippen molar-refractivity contribution in [2.75, 3.05) is 6.61 Å².